The van der Waals surface area contributed by atoms with E-state index in [9.17, 15) is 0 Å². The van der Waals surface area contributed by atoms with Crippen LogP contribution in [-0.4, -0.2) is 33.1 Å². The number of nitrogens with zero attached hydrogens (tertiary/aromatic N) is 2. The Bertz CT molecular complexity index is 913. The molecule has 0 saturated carbocycles. The Hall–Kier alpha value is -2.40. The minimum Gasteiger partial charge on any atom is -0.348 e. The number of imidazole rings is 1. The third-order valence-electron chi connectivity index (χ3n) is 5.13. The van der Waals surface area contributed by atoms with Gasteiger partial charge in [0.05, 0.1) is 11.0 Å². The smallest absolute Gasteiger partial charge is 0.173 e. The molecule has 1 aliphatic rings. The molecule has 4 rings (SSSR count). The van der Waals surface area contributed by atoms with Crippen LogP contribution in [0.25, 0.3) is 11.0 Å². The first kappa shape index (κ1) is 17.0. The van der Waals surface area contributed by atoms with Crippen molar-refractivity contribution in [3.63, 3.8) is 0 Å². The Labute approximate surface area is 159 Å². The number of nitrogens with one attached hydrogen (secondary N) is 2. The second kappa shape index (κ2) is 7.08. The minimum absolute atomic E-state index is 0.384. The average molecular weight is 365 g/mol. The highest BCUT2D eigenvalue weighted by Crippen LogP contribution is 2.27. The second-order valence-corrected chi connectivity index (χ2v) is 7.56. The molecular formula is C21H24N4S. The molecule has 2 heterocycles. The van der Waals surface area contributed by atoms with Crippen molar-refractivity contribution in [3.05, 3.63) is 59.4 Å². The zero-order chi connectivity index (χ0) is 18.1. The average Bonchev–Trinajstić information content (AvgIpc) is 3.08. The third-order valence-corrected chi connectivity index (χ3v) is 5.49. The molecule has 1 aromatic heterocycles. The van der Waals surface area contributed by atoms with Gasteiger partial charge in [-0.1, -0.05) is 29.8 Å². The molecule has 0 bridgehead atoms. The van der Waals surface area contributed by atoms with E-state index in [4.69, 9.17) is 17.2 Å². The van der Waals surface area contributed by atoms with Gasteiger partial charge in [-0.05, 0) is 62.7 Å². The molecule has 134 valence electrons. The quantitative estimate of drug-likeness (QED) is 0.644. The first-order chi connectivity index (χ1) is 12.6. The summed E-state index contributed by atoms with van der Waals surface area (Å²) in [4.78, 5) is 10.6. The highest BCUT2D eigenvalue weighted by molar-refractivity contribution is 7.80. The van der Waals surface area contributed by atoms with Crippen LogP contribution in [0.4, 0.5) is 5.69 Å². The fourth-order valence-electron chi connectivity index (χ4n) is 3.70. The number of anilines is 1. The van der Waals surface area contributed by atoms with E-state index < -0.39 is 0 Å². The van der Waals surface area contributed by atoms with Crippen LogP contribution >= 0.6 is 12.2 Å². The van der Waals surface area contributed by atoms with Gasteiger partial charge in [0.2, 0.25) is 0 Å². The van der Waals surface area contributed by atoms with E-state index in [2.05, 4.69) is 59.4 Å². The van der Waals surface area contributed by atoms with Gasteiger partial charge in [0.1, 0.15) is 5.82 Å². The zero-order valence-electron chi connectivity index (χ0n) is 15.2. The van der Waals surface area contributed by atoms with E-state index in [0.29, 0.717) is 5.92 Å². The number of para-hydroxylation sites is 2. The standard InChI is InChI=1S/C21H24N4S/c1-14-9-10-17(15(2)12-14)24-21(26)25-11-5-6-16(13-25)20-22-18-7-3-4-8-19(18)23-20/h3-4,7-10,12,16H,5-6,11,13H2,1-2H3,(H,22,23)(H,24,26)/t16-/m0/s1. The van der Waals surface area contributed by atoms with Gasteiger partial charge in [0.15, 0.2) is 5.11 Å². The number of H-pyrrole nitrogens is 1. The number of benzene rings is 2. The summed E-state index contributed by atoms with van der Waals surface area (Å²) in [5, 5.41) is 4.24. The van der Waals surface area contributed by atoms with Crippen molar-refractivity contribution in [2.45, 2.75) is 32.6 Å². The predicted octanol–water partition coefficient (Wildman–Crippen LogP) is 4.76. The number of fused-ring (bicyclic) bond motifs is 1. The summed E-state index contributed by atoms with van der Waals surface area (Å²) in [7, 11) is 0. The third kappa shape index (κ3) is 3.44. The van der Waals surface area contributed by atoms with Gasteiger partial charge < -0.3 is 15.2 Å². The largest absolute Gasteiger partial charge is 0.348 e. The number of rotatable bonds is 2. The molecule has 1 saturated heterocycles. The number of thiocarbonyl (C=S) groups is 1. The Kier molecular flexibility index (Phi) is 4.64. The lowest BCUT2D eigenvalue weighted by molar-refractivity contribution is 0.307. The SMILES string of the molecule is Cc1ccc(NC(=S)N2CCC[C@H](c3nc4ccccc4[nH]3)C2)c(C)c1. The summed E-state index contributed by atoms with van der Waals surface area (Å²) in [5.41, 5.74) is 5.72. The molecule has 0 spiro atoms. The van der Waals surface area contributed by atoms with Gasteiger partial charge in [0, 0.05) is 24.7 Å². The lowest BCUT2D eigenvalue weighted by Gasteiger charge is -2.34. The molecule has 3 aromatic rings. The van der Waals surface area contributed by atoms with Crippen molar-refractivity contribution in [1.82, 2.24) is 14.9 Å². The van der Waals surface area contributed by atoms with Crippen LogP contribution < -0.4 is 5.32 Å². The summed E-state index contributed by atoms with van der Waals surface area (Å²) in [6.45, 7) is 6.12. The van der Waals surface area contributed by atoms with Gasteiger partial charge in [0.25, 0.3) is 0 Å². The fourth-order valence-corrected chi connectivity index (χ4v) is 3.97. The maximum absolute atomic E-state index is 5.70. The predicted molar refractivity (Wildman–Crippen MR) is 112 cm³/mol. The van der Waals surface area contributed by atoms with Crippen LogP contribution in [0.5, 0.6) is 0 Å². The molecule has 1 aliphatic heterocycles. The monoisotopic (exact) mass is 364 g/mol. The van der Waals surface area contributed by atoms with E-state index in [1.165, 1.54) is 11.1 Å². The Balaban J connectivity index is 1.48. The molecule has 26 heavy (non-hydrogen) atoms. The van der Waals surface area contributed by atoms with E-state index >= 15 is 0 Å². The summed E-state index contributed by atoms with van der Waals surface area (Å²) in [5.74, 6) is 1.46. The van der Waals surface area contributed by atoms with Crippen LogP contribution in [-0.2, 0) is 0 Å². The van der Waals surface area contributed by atoms with Crippen molar-refractivity contribution in [3.8, 4) is 0 Å². The zero-order valence-corrected chi connectivity index (χ0v) is 16.1. The lowest BCUT2D eigenvalue weighted by Crippen LogP contribution is -2.41. The first-order valence-corrected chi connectivity index (χ1v) is 9.59. The molecule has 0 unspecified atom stereocenters. The van der Waals surface area contributed by atoms with Crippen molar-refractivity contribution >= 4 is 34.1 Å². The topological polar surface area (TPSA) is 44.0 Å². The van der Waals surface area contributed by atoms with E-state index in [0.717, 1.165) is 53.6 Å². The van der Waals surface area contributed by atoms with Gasteiger partial charge in [-0.3, -0.25) is 0 Å². The Morgan fingerprint density at radius 1 is 1.23 bits per heavy atom. The molecule has 1 atom stereocenters. The molecule has 0 aliphatic carbocycles. The number of aromatic amines is 1. The van der Waals surface area contributed by atoms with Crippen molar-refractivity contribution < 1.29 is 0 Å². The van der Waals surface area contributed by atoms with Crippen LogP contribution in [0.3, 0.4) is 0 Å². The highest BCUT2D eigenvalue weighted by Gasteiger charge is 2.25. The normalized spacial score (nSPS) is 17.5. The molecule has 2 N–H and O–H groups in total. The summed E-state index contributed by atoms with van der Waals surface area (Å²) in [6, 6.07) is 14.6. The number of hydrogen-bond donors (Lipinski definition) is 2. The minimum atomic E-state index is 0.384. The van der Waals surface area contributed by atoms with Crippen molar-refractivity contribution in [2.24, 2.45) is 0 Å². The fraction of sp³-hybridized carbons (Fsp3) is 0.333. The van der Waals surface area contributed by atoms with Gasteiger partial charge in [-0.15, -0.1) is 0 Å². The van der Waals surface area contributed by atoms with Crippen molar-refractivity contribution in [2.75, 3.05) is 18.4 Å². The Morgan fingerprint density at radius 2 is 2.08 bits per heavy atom. The number of aromatic nitrogens is 2. The molecule has 5 heteroatoms. The van der Waals surface area contributed by atoms with E-state index in [1.54, 1.807) is 0 Å². The maximum Gasteiger partial charge on any atom is 0.173 e. The Morgan fingerprint density at radius 3 is 2.88 bits per heavy atom. The van der Waals surface area contributed by atoms with Crippen LogP contribution in [0, 0.1) is 13.8 Å². The van der Waals surface area contributed by atoms with Crippen LogP contribution in [0.1, 0.15) is 35.7 Å². The number of aryl methyl sites for hydroxylation is 2. The van der Waals surface area contributed by atoms with Gasteiger partial charge >= 0.3 is 0 Å². The summed E-state index contributed by atoms with van der Waals surface area (Å²) >= 11 is 5.70. The maximum atomic E-state index is 5.70. The van der Waals surface area contributed by atoms with Crippen LogP contribution in [0.2, 0.25) is 0 Å². The number of hydrogen-bond acceptors (Lipinski definition) is 2. The van der Waals surface area contributed by atoms with E-state index in [-0.39, 0.29) is 0 Å². The highest BCUT2D eigenvalue weighted by atomic mass is 32.1. The van der Waals surface area contributed by atoms with Gasteiger partial charge in [-0.25, -0.2) is 4.98 Å². The molecule has 4 nitrogen and oxygen atoms in total. The molecule has 0 amide bonds. The number of likely N-dealkylation sites (tertiary alicyclic amines) is 1. The first-order valence-electron chi connectivity index (χ1n) is 9.18. The second-order valence-electron chi connectivity index (χ2n) is 7.17. The molecular weight excluding hydrogens is 340 g/mol. The molecule has 2 aromatic carbocycles. The van der Waals surface area contributed by atoms with Gasteiger partial charge in [-0.2, -0.15) is 0 Å². The molecule has 0 radical (unpaired) electrons. The lowest BCUT2D eigenvalue weighted by atomic mass is 9.98. The van der Waals surface area contributed by atoms with E-state index in [1.807, 2.05) is 12.1 Å². The summed E-state index contributed by atoms with van der Waals surface area (Å²) in [6.07, 6.45) is 2.26. The number of piperidine rings is 1. The summed E-state index contributed by atoms with van der Waals surface area (Å²) < 4.78 is 0. The van der Waals surface area contributed by atoms with Crippen LogP contribution in [0.15, 0.2) is 42.5 Å². The molecule has 1 fully saturated rings. The van der Waals surface area contributed by atoms with Crippen molar-refractivity contribution in [1.29, 1.82) is 0 Å².